The van der Waals surface area contributed by atoms with Gasteiger partial charge >= 0.3 is 0 Å². The minimum Gasteiger partial charge on any atom is -0.222 e. The fourth-order valence-corrected chi connectivity index (χ4v) is 2.12. The Kier molecular flexibility index (Phi) is 3.13. The Morgan fingerprint density at radius 2 is 2.12 bits per heavy atom. The molecule has 0 amide bonds. The van der Waals surface area contributed by atoms with Gasteiger partial charge in [0.2, 0.25) is 5.28 Å². The van der Waals surface area contributed by atoms with Crippen molar-refractivity contribution in [2.24, 2.45) is 0 Å². The third-order valence-electron chi connectivity index (χ3n) is 2.44. The summed E-state index contributed by atoms with van der Waals surface area (Å²) >= 11 is 8.96. The van der Waals surface area contributed by atoms with Crippen LogP contribution < -0.4 is 0 Å². The van der Waals surface area contributed by atoms with E-state index in [0.29, 0.717) is 10.9 Å². The molecule has 2 nitrogen and oxygen atoms in total. The Hall–Kier alpha value is -0.740. The summed E-state index contributed by atoms with van der Waals surface area (Å²) in [4.78, 5) is 8.04. The fourth-order valence-electron chi connectivity index (χ4n) is 1.63. The molecule has 16 heavy (non-hydrogen) atoms. The van der Waals surface area contributed by atoms with Gasteiger partial charge in [-0.3, -0.25) is 0 Å². The molecule has 0 spiro atoms. The minimum absolute atomic E-state index is 0.0824. The van der Waals surface area contributed by atoms with Crippen molar-refractivity contribution >= 4 is 38.4 Å². The maximum Gasteiger partial charge on any atom is 0.223 e. The van der Waals surface area contributed by atoms with Gasteiger partial charge in [0.1, 0.15) is 5.52 Å². The molecular weight excluding hydrogens is 294 g/mol. The SMILES string of the molecule is CCc1nc(Cl)nc2c(F)c(Br)c(C)cc12. The Labute approximate surface area is 106 Å². The summed E-state index contributed by atoms with van der Waals surface area (Å²) in [5.41, 5.74) is 1.87. The number of nitrogens with zero attached hydrogens (tertiary/aromatic N) is 2. The topological polar surface area (TPSA) is 25.8 Å². The van der Waals surface area contributed by atoms with Gasteiger partial charge in [-0.15, -0.1) is 0 Å². The van der Waals surface area contributed by atoms with Gasteiger partial charge in [0, 0.05) is 5.39 Å². The summed E-state index contributed by atoms with van der Waals surface area (Å²) in [5.74, 6) is -0.381. The van der Waals surface area contributed by atoms with Crippen LogP contribution in [0.3, 0.4) is 0 Å². The monoisotopic (exact) mass is 302 g/mol. The number of halogens is 3. The van der Waals surface area contributed by atoms with Crippen molar-refractivity contribution in [3.8, 4) is 0 Å². The molecule has 1 aromatic carbocycles. The lowest BCUT2D eigenvalue weighted by atomic mass is 10.1. The third kappa shape index (κ3) is 1.80. The van der Waals surface area contributed by atoms with Crippen molar-refractivity contribution in [1.29, 1.82) is 0 Å². The second kappa shape index (κ2) is 4.26. The van der Waals surface area contributed by atoms with Crippen LogP contribution in [-0.4, -0.2) is 9.97 Å². The predicted molar refractivity (Wildman–Crippen MR) is 66.3 cm³/mol. The van der Waals surface area contributed by atoms with Crippen LogP contribution in [0.2, 0.25) is 5.28 Å². The predicted octanol–water partition coefficient (Wildman–Crippen LogP) is 4.06. The molecule has 5 heteroatoms. The van der Waals surface area contributed by atoms with E-state index in [1.807, 2.05) is 19.9 Å². The molecule has 2 aromatic rings. The zero-order valence-electron chi connectivity index (χ0n) is 8.81. The first-order valence-electron chi connectivity index (χ1n) is 4.85. The normalized spacial score (nSPS) is 11.1. The summed E-state index contributed by atoms with van der Waals surface area (Å²) in [6, 6.07) is 1.87. The maximum absolute atomic E-state index is 14.0. The summed E-state index contributed by atoms with van der Waals surface area (Å²) in [6.07, 6.45) is 0.694. The van der Waals surface area contributed by atoms with E-state index in [9.17, 15) is 4.39 Å². The number of aryl methyl sites for hydroxylation is 2. The highest BCUT2D eigenvalue weighted by atomic mass is 79.9. The van der Waals surface area contributed by atoms with Gasteiger partial charge in [-0.1, -0.05) is 6.92 Å². The Balaban J connectivity index is 2.94. The fraction of sp³-hybridized carbons (Fsp3) is 0.273. The van der Waals surface area contributed by atoms with Crippen molar-refractivity contribution in [3.05, 3.63) is 32.9 Å². The molecule has 0 saturated carbocycles. The number of rotatable bonds is 1. The number of fused-ring (bicyclic) bond motifs is 1. The van der Waals surface area contributed by atoms with Crippen molar-refractivity contribution in [2.75, 3.05) is 0 Å². The lowest BCUT2D eigenvalue weighted by Gasteiger charge is -2.08. The van der Waals surface area contributed by atoms with Gasteiger partial charge in [-0.05, 0) is 52.5 Å². The number of aromatic nitrogens is 2. The zero-order valence-corrected chi connectivity index (χ0v) is 11.2. The standard InChI is InChI=1S/C11H9BrClFN2/c1-3-7-6-4-5(2)8(12)9(14)10(6)16-11(13)15-7/h4H,3H2,1-2H3. The molecular formula is C11H9BrClFN2. The molecule has 0 bridgehead atoms. The average Bonchev–Trinajstić information content (AvgIpc) is 2.26. The molecule has 2 rings (SSSR count). The molecule has 0 aliphatic carbocycles. The second-order valence-electron chi connectivity index (χ2n) is 3.51. The largest absolute Gasteiger partial charge is 0.223 e. The van der Waals surface area contributed by atoms with Crippen LogP contribution in [-0.2, 0) is 6.42 Å². The van der Waals surface area contributed by atoms with Gasteiger partial charge in [0.25, 0.3) is 0 Å². The van der Waals surface area contributed by atoms with Crippen LogP contribution in [0.4, 0.5) is 4.39 Å². The van der Waals surface area contributed by atoms with Crippen molar-refractivity contribution in [2.45, 2.75) is 20.3 Å². The number of benzene rings is 1. The van der Waals surface area contributed by atoms with E-state index in [0.717, 1.165) is 16.6 Å². The summed E-state index contributed by atoms with van der Waals surface area (Å²) in [6.45, 7) is 3.79. The molecule has 1 aromatic heterocycles. The first kappa shape index (κ1) is 11.7. The molecule has 0 aliphatic rings. The summed E-state index contributed by atoms with van der Waals surface area (Å²) < 4.78 is 14.4. The number of hydrogen-bond acceptors (Lipinski definition) is 2. The van der Waals surface area contributed by atoms with E-state index in [1.165, 1.54) is 0 Å². The van der Waals surface area contributed by atoms with Crippen LogP contribution in [0.5, 0.6) is 0 Å². The van der Waals surface area contributed by atoms with Crippen LogP contribution in [0.1, 0.15) is 18.2 Å². The van der Waals surface area contributed by atoms with E-state index >= 15 is 0 Å². The zero-order chi connectivity index (χ0) is 11.9. The van der Waals surface area contributed by atoms with Gasteiger partial charge in [0.05, 0.1) is 10.2 Å². The molecule has 0 N–H and O–H groups in total. The van der Waals surface area contributed by atoms with E-state index in [4.69, 9.17) is 11.6 Å². The van der Waals surface area contributed by atoms with Gasteiger partial charge in [-0.25, -0.2) is 14.4 Å². The first-order valence-corrected chi connectivity index (χ1v) is 6.02. The van der Waals surface area contributed by atoms with Crippen LogP contribution in [0, 0.1) is 12.7 Å². The van der Waals surface area contributed by atoms with Crippen molar-refractivity contribution in [1.82, 2.24) is 9.97 Å². The molecule has 84 valence electrons. The maximum atomic E-state index is 14.0. The molecule has 0 fully saturated rings. The Morgan fingerprint density at radius 1 is 1.44 bits per heavy atom. The molecule has 1 heterocycles. The van der Waals surface area contributed by atoms with E-state index < -0.39 is 0 Å². The summed E-state index contributed by atoms with van der Waals surface area (Å²) in [5, 5.41) is 0.809. The molecule has 0 atom stereocenters. The third-order valence-corrected chi connectivity index (χ3v) is 3.58. The highest BCUT2D eigenvalue weighted by Crippen LogP contribution is 2.29. The molecule has 0 radical (unpaired) electrons. The highest BCUT2D eigenvalue weighted by Gasteiger charge is 2.14. The van der Waals surface area contributed by atoms with E-state index in [-0.39, 0.29) is 16.6 Å². The van der Waals surface area contributed by atoms with Gasteiger partial charge in [-0.2, -0.15) is 0 Å². The minimum atomic E-state index is -0.381. The van der Waals surface area contributed by atoms with E-state index in [2.05, 4.69) is 25.9 Å². The van der Waals surface area contributed by atoms with Gasteiger partial charge < -0.3 is 0 Å². The highest BCUT2D eigenvalue weighted by molar-refractivity contribution is 9.10. The lowest BCUT2D eigenvalue weighted by Crippen LogP contribution is -1.97. The second-order valence-corrected chi connectivity index (χ2v) is 4.64. The Bertz CT molecular complexity index is 572. The van der Waals surface area contributed by atoms with E-state index in [1.54, 1.807) is 0 Å². The van der Waals surface area contributed by atoms with Crippen LogP contribution in [0.15, 0.2) is 10.5 Å². The van der Waals surface area contributed by atoms with Crippen molar-refractivity contribution < 1.29 is 4.39 Å². The lowest BCUT2D eigenvalue weighted by molar-refractivity contribution is 0.628. The van der Waals surface area contributed by atoms with Crippen LogP contribution >= 0.6 is 27.5 Å². The first-order chi connectivity index (χ1) is 7.54. The molecule has 0 aliphatic heterocycles. The number of hydrogen-bond donors (Lipinski definition) is 0. The summed E-state index contributed by atoms with van der Waals surface area (Å²) in [7, 11) is 0. The Morgan fingerprint density at radius 3 is 2.75 bits per heavy atom. The average molecular weight is 304 g/mol. The molecule has 0 saturated heterocycles. The van der Waals surface area contributed by atoms with Gasteiger partial charge in [0.15, 0.2) is 5.82 Å². The van der Waals surface area contributed by atoms with Crippen LogP contribution in [0.25, 0.3) is 10.9 Å². The quantitative estimate of drug-likeness (QED) is 0.743. The van der Waals surface area contributed by atoms with Crippen molar-refractivity contribution in [3.63, 3.8) is 0 Å². The molecule has 0 unspecified atom stereocenters. The smallest absolute Gasteiger partial charge is 0.222 e.